The number of ether oxygens (including phenoxy) is 3. The third-order valence-electron chi connectivity index (χ3n) is 2.72. The van der Waals surface area contributed by atoms with Crippen molar-refractivity contribution in [3.63, 3.8) is 0 Å². The van der Waals surface area contributed by atoms with E-state index in [9.17, 15) is 0 Å². The van der Waals surface area contributed by atoms with Crippen LogP contribution in [0.25, 0.3) is 0 Å². The third-order valence-corrected chi connectivity index (χ3v) is 2.72. The van der Waals surface area contributed by atoms with Crippen LogP contribution in [0.2, 0.25) is 0 Å². The van der Waals surface area contributed by atoms with Gasteiger partial charge in [0.15, 0.2) is 0 Å². The second kappa shape index (κ2) is 2.97. The molecular weight excluding hydrogens is 192 g/mol. The molecule has 0 bridgehead atoms. The van der Waals surface area contributed by atoms with Crippen molar-refractivity contribution in [3.05, 3.63) is 29.3 Å². The molecule has 1 aromatic rings. The van der Waals surface area contributed by atoms with Crippen LogP contribution in [0.15, 0.2) is 18.2 Å². The number of rotatable bonds is 1. The first-order valence-electron chi connectivity index (χ1n) is 5.21. The van der Waals surface area contributed by atoms with E-state index in [0.29, 0.717) is 12.7 Å². The van der Waals surface area contributed by atoms with Crippen molar-refractivity contribution in [2.75, 3.05) is 6.61 Å². The highest BCUT2D eigenvalue weighted by atomic mass is 16.7. The van der Waals surface area contributed by atoms with E-state index >= 15 is 0 Å². The van der Waals surface area contributed by atoms with Gasteiger partial charge in [-0.2, -0.15) is 0 Å². The Morgan fingerprint density at radius 3 is 2.87 bits per heavy atom. The van der Waals surface area contributed by atoms with E-state index in [2.05, 4.69) is 12.1 Å². The number of hydrogen-bond donors (Lipinski definition) is 0. The molecule has 3 rings (SSSR count). The SMILES string of the molecule is CC1(C)OCc2cc([C@H]3CO3)ccc2O1. The molecule has 0 aliphatic carbocycles. The fourth-order valence-electron chi connectivity index (χ4n) is 1.80. The Balaban J connectivity index is 1.93. The fraction of sp³-hybridized carbons (Fsp3) is 0.500. The molecule has 1 saturated heterocycles. The van der Waals surface area contributed by atoms with E-state index in [-0.39, 0.29) is 0 Å². The van der Waals surface area contributed by atoms with E-state index in [1.807, 2.05) is 19.9 Å². The molecule has 0 spiro atoms. The van der Waals surface area contributed by atoms with Gasteiger partial charge >= 0.3 is 0 Å². The zero-order chi connectivity index (χ0) is 10.5. The quantitative estimate of drug-likeness (QED) is 0.661. The van der Waals surface area contributed by atoms with Crippen LogP contribution in [0.3, 0.4) is 0 Å². The van der Waals surface area contributed by atoms with Crippen LogP contribution in [-0.2, 0) is 16.1 Å². The van der Waals surface area contributed by atoms with Crippen molar-refractivity contribution < 1.29 is 14.2 Å². The summed E-state index contributed by atoms with van der Waals surface area (Å²) in [6, 6.07) is 6.19. The minimum atomic E-state index is -0.509. The van der Waals surface area contributed by atoms with Gasteiger partial charge in [-0.25, -0.2) is 0 Å². The molecule has 0 radical (unpaired) electrons. The van der Waals surface area contributed by atoms with E-state index in [1.165, 1.54) is 5.56 Å². The van der Waals surface area contributed by atoms with Crippen molar-refractivity contribution in [3.8, 4) is 5.75 Å². The summed E-state index contributed by atoms with van der Waals surface area (Å²) in [5.74, 6) is 0.417. The Kier molecular flexibility index (Phi) is 1.82. The molecule has 3 heteroatoms. The Labute approximate surface area is 89.0 Å². The first-order chi connectivity index (χ1) is 7.14. The van der Waals surface area contributed by atoms with Crippen LogP contribution in [0.5, 0.6) is 5.75 Å². The zero-order valence-corrected chi connectivity index (χ0v) is 8.95. The molecule has 0 N–H and O–H groups in total. The van der Waals surface area contributed by atoms with E-state index < -0.39 is 5.79 Å². The Morgan fingerprint density at radius 2 is 2.13 bits per heavy atom. The predicted molar refractivity (Wildman–Crippen MR) is 54.6 cm³/mol. The monoisotopic (exact) mass is 206 g/mol. The molecule has 2 heterocycles. The normalized spacial score (nSPS) is 26.7. The molecule has 0 saturated carbocycles. The lowest BCUT2D eigenvalue weighted by Gasteiger charge is -2.32. The maximum atomic E-state index is 5.71. The average molecular weight is 206 g/mol. The van der Waals surface area contributed by atoms with Crippen molar-refractivity contribution in [2.24, 2.45) is 0 Å². The summed E-state index contributed by atoms with van der Waals surface area (Å²) in [6.07, 6.45) is 0.297. The van der Waals surface area contributed by atoms with Gasteiger partial charge in [-0.3, -0.25) is 0 Å². The largest absolute Gasteiger partial charge is 0.463 e. The average Bonchev–Trinajstić information content (AvgIpc) is 2.99. The predicted octanol–water partition coefficient (Wildman–Crippen LogP) is 2.40. The minimum absolute atomic E-state index is 0.297. The second-order valence-corrected chi connectivity index (χ2v) is 4.48. The van der Waals surface area contributed by atoms with Gasteiger partial charge in [0.25, 0.3) is 0 Å². The molecule has 1 aromatic carbocycles. The molecule has 80 valence electrons. The van der Waals surface area contributed by atoms with Crippen LogP contribution in [0.4, 0.5) is 0 Å². The number of epoxide rings is 1. The molecule has 1 atom stereocenters. The van der Waals surface area contributed by atoms with Gasteiger partial charge in [0.05, 0.1) is 13.2 Å². The number of fused-ring (bicyclic) bond motifs is 1. The third kappa shape index (κ3) is 1.73. The molecular formula is C12H14O3. The minimum Gasteiger partial charge on any atom is -0.463 e. The van der Waals surface area contributed by atoms with Gasteiger partial charge in [0.1, 0.15) is 11.9 Å². The molecule has 1 fully saturated rings. The fourth-order valence-corrected chi connectivity index (χ4v) is 1.80. The van der Waals surface area contributed by atoms with Crippen molar-refractivity contribution in [1.82, 2.24) is 0 Å². The topological polar surface area (TPSA) is 31.0 Å². The van der Waals surface area contributed by atoms with Crippen LogP contribution < -0.4 is 4.74 Å². The second-order valence-electron chi connectivity index (χ2n) is 4.48. The highest BCUT2D eigenvalue weighted by Crippen LogP contribution is 2.36. The zero-order valence-electron chi connectivity index (χ0n) is 8.95. The Hall–Kier alpha value is -1.06. The first-order valence-corrected chi connectivity index (χ1v) is 5.21. The number of hydrogen-bond acceptors (Lipinski definition) is 3. The molecule has 2 aliphatic rings. The summed E-state index contributed by atoms with van der Waals surface area (Å²) in [5.41, 5.74) is 2.34. The number of benzene rings is 1. The first kappa shape index (κ1) is 9.19. The standard InChI is InChI=1S/C12H14O3/c1-12(2)14-6-9-5-8(11-7-13-11)3-4-10(9)15-12/h3-5,11H,6-7H2,1-2H3/t11-/m1/s1. The maximum absolute atomic E-state index is 5.71. The highest BCUT2D eigenvalue weighted by Gasteiger charge is 2.30. The smallest absolute Gasteiger partial charge is 0.205 e. The van der Waals surface area contributed by atoms with Crippen molar-refractivity contribution >= 4 is 0 Å². The molecule has 15 heavy (non-hydrogen) atoms. The summed E-state index contributed by atoms with van der Waals surface area (Å²) in [6.45, 7) is 5.30. The molecule has 0 unspecified atom stereocenters. The highest BCUT2D eigenvalue weighted by molar-refractivity contribution is 5.39. The Bertz CT molecular complexity index is 394. The van der Waals surface area contributed by atoms with Crippen LogP contribution >= 0.6 is 0 Å². The van der Waals surface area contributed by atoms with Gasteiger partial charge in [-0.1, -0.05) is 6.07 Å². The van der Waals surface area contributed by atoms with Gasteiger partial charge in [-0.05, 0) is 17.7 Å². The summed E-state index contributed by atoms with van der Waals surface area (Å²) >= 11 is 0. The van der Waals surface area contributed by atoms with Gasteiger partial charge < -0.3 is 14.2 Å². The van der Waals surface area contributed by atoms with Gasteiger partial charge in [-0.15, -0.1) is 0 Å². The van der Waals surface area contributed by atoms with Crippen molar-refractivity contribution in [2.45, 2.75) is 32.3 Å². The summed E-state index contributed by atoms with van der Waals surface area (Å²) in [4.78, 5) is 0. The Morgan fingerprint density at radius 1 is 1.33 bits per heavy atom. The van der Waals surface area contributed by atoms with Crippen LogP contribution in [0, 0.1) is 0 Å². The molecule has 2 aliphatic heterocycles. The lowest BCUT2D eigenvalue weighted by Crippen LogP contribution is -2.35. The maximum Gasteiger partial charge on any atom is 0.205 e. The van der Waals surface area contributed by atoms with Gasteiger partial charge in [0, 0.05) is 19.4 Å². The molecule has 3 nitrogen and oxygen atoms in total. The lowest BCUT2D eigenvalue weighted by atomic mass is 10.1. The summed E-state index contributed by atoms with van der Waals surface area (Å²) in [5, 5.41) is 0. The van der Waals surface area contributed by atoms with Gasteiger partial charge in [0.2, 0.25) is 5.79 Å². The summed E-state index contributed by atoms with van der Waals surface area (Å²) in [7, 11) is 0. The van der Waals surface area contributed by atoms with Crippen LogP contribution in [0.1, 0.15) is 31.1 Å². The van der Waals surface area contributed by atoms with Crippen LogP contribution in [-0.4, -0.2) is 12.4 Å². The van der Waals surface area contributed by atoms with E-state index in [1.54, 1.807) is 0 Å². The molecule has 0 aromatic heterocycles. The van der Waals surface area contributed by atoms with E-state index in [0.717, 1.165) is 17.9 Å². The summed E-state index contributed by atoms with van der Waals surface area (Å²) < 4.78 is 16.5. The molecule has 0 amide bonds. The van der Waals surface area contributed by atoms with Crippen molar-refractivity contribution in [1.29, 1.82) is 0 Å². The van der Waals surface area contributed by atoms with E-state index in [4.69, 9.17) is 14.2 Å². The lowest BCUT2D eigenvalue weighted by molar-refractivity contribution is -0.180.